The van der Waals surface area contributed by atoms with Crippen molar-refractivity contribution < 1.29 is 80.1 Å². The lowest BCUT2D eigenvalue weighted by Crippen LogP contribution is -2.46. The third kappa shape index (κ3) is 9.09. The Kier molecular flexibility index (Phi) is 12.1. The van der Waals surface area contributed by atoms with E-state index in [0.29, 0.717) is 11.4 Å². The molecule has 3 aromatic heterocycles. The summed E-state index contributed by atoms with van der Waals surface area (Å²) < 4.78 is 75.6. The molecule has 2 aliphatic rings. The van der Waals surface area contributed by atoms with Crippen LogP contribution in [0.25, 0.3) is 16.9 Å². The zero-order chi connectivity index (χ0) is 39.0. The topological polar surface area (TPSA) is 386 Å². The van der Waals surface area contributed by atoms with Crippen LogP contribution >= 0.6 is 23.5 Å². The number of phosphoric ester groups is 2. The maximum Gasteiger partial charge on any atom is 0.490 e. The molecule has 5 heterocycles. The standard InChI is InChI=1S/C23H35N10O17P3/c1-10-14-18(28-22(24)27-10)32(8-26-14)21-17(44-3)16(36)12(48-21)7-46-52(40,41)50-53(42,43)49-51(38,39)45-6-11(4-34)47-13(5-35)33-9-31(2)15-19(33)29-23(25)30-20(15)37/h8-9,11-13,16-17,21,34-36H,1,4-7H2,2-3H3,(H8-,24,25,27,28,29,30,37,38,39,40,41,42,43)/p+1/t11-,12?,13?,16+,17+,21+/m0/s1. The number of fused-ring (bicyclic) bond motifs is 2. The average molecular weight is 818 g/mol. The summed E-state index contributed by atoms with van der Waals surface area (Å²) in [6.45, 7) is 0.0982. The molecule has 2 aliphatic heterocycles. The van der Waals surface area contributed by atoms with Gasteiger partial charge in [-0.1, -0.05) is 11.6 Å². The molecule has 9 atom stereocenters. The SMILES string of the molecule is C=C1NC(N)=Nc2c1ncn2[C@@H]1OC(COP(=O)(O)OP(=O)(O)OP(=O)(O)OC[C@H](CO)OC(CO)[n+]2cn(C)c3c(=O)[nH]c(N)nc32)[C@@H](O)[C@H]1OC. The Hall–Kier alpha value is -3.46. The van der Waals surface area contributed by atoms with E-state index in [1.807, 2.05) is 0 Å². The predicted octanol–water partition coefficient (Wildman–Crippen LogP) is -2.94. The number of ether oxygens (including phenoxy) is 3. The van der Waals surface area contributed by atoms with E-state index in [1.165, 1.54) is 40.5 Å². The maximum absolute atomic E-state index is 12.6. The Labute approximate surface area is 296 Å². The van der Waals surface area contributed by atoms with Crippen molar-refractivity contribution in [1.29, 1.82) is 0 Å². The second-order valence-electron chi connectivity index (χ2n) is 11.2. The van der Waals surface area contributed by atoms with E-state index in [0.717, 1.165) is 0 Å². The number of nitrogen functional groups attached to an aromatic ring is 1. The number of imidazole rings is 2. The van der Waals surface area contributed by atoms with Crippen LogP contribution in [0.1, 0.15) is 18.1 Å². The number of anilines is 1. The van der Waals surface area contributed by atoms with Crippen LogP contribution in [-0.4, -0.2) is 118 Å². The maximum atomic E-state index is 12.6. The van der Waals surface area contributed by atoms with Gasteiger partial charge in [0.25, 0.3) is 11.5 Å². The number of guanidine groups is 1. The number of aromatic amines is 1. The molecule has 0 aliphatic carbocycles. The molecule has 0 radical (unpaired) electrons. The highest BCUT2D eigenvalue weighted by Gasteiger charge is 2.48. The molecular formula is C23H36N10O17P3+. The van der Waals surface area contributed by atoms with Crippen LogP contribution in [0.4, 0.5) is 11.8 Å². The van der Waals surface area contributed by atoms with Crippen LogP contribution in [0.5, 0.6) is 0 Å². The minimum atomic E-state index is -5.95. The first-order valence-corrected chi connectivity index (χ1v) is 19.3. The van der Waals surface area contributed by atoms with E-state index in [9.17, 15) is 48.5 Å². The van der Waals surface area contributed by atoms with Crippen LogP contribution in [0, 0.1) is 0 Å². The number of phosphoric acid groups is 3. The predicted molar refractivity (Wildman–Crippen MR) is 174 cm³/mol. The van der Waals surface area contributed by atoms with E-state index in [-0.39, 0.29) is 28.9 Å². The summed E-state index contributed by atoms with van der Waals surface area (Å²) in [6, 6.07) is 0. The number of nitrogens with two attached hydrogens (primary N) is 2. The zero-order valence-electron chi connectivity index (χ0n) is 27.5. The van der Waals surface area contributed by atoms with Gasteiger partial charge in [-0.25, -0.2) is 23.2 Å². The molecule has 27 nitrogen and oxygen atoms in total. The molecule has 0 aromatic carbocycles. The second kappa shape index (κ2) is 15.7. The van der Waals surface area contributed by atoms with Gasteiger partial charge in [0.15, 0.2) is 24.3 Å². The fourth-order valence-electron chi connectivity index (χ4n) is 5.26. The first-order valence-electron chi connectivity index (χ1n) is 14.9. The summed E-state index contributed by atoms with van der Waals surface area (Å²) in [4.78, 5) is 57.1. The fourth-order valence-corrected chi connectivity index (χ4v) is 8.80. The first-order chi connectivity index (χ1) is 24.8. The molecule has 5 unspecified atom stereocenters. The number of methoxy groups -OCH3 is 1. The van der Waals surface area contributed by atoms with Crippen LogP contribution in [0.15, 0.2) is 29.0 Å². The number of aliphatic hydroxyl groups excluding tert-OH is 3. The monoisotopic (exact) mass is 817 g/mol. The Morgan fingerprint density at radius 3 is 2.43 bits per heavy atom. The van der Waals surface area contributed by atoms with Gasteiger partial charge in [0.2, 0.25) is 11.7 Å². The average Bonchev–Trinajstić information content (AvgIpc) is 3.71. The third-order valence-corrected chi connectivity index (χ3v) is 11.7. The summed E-state index contributed by atoms with van der Waals surface area (Å²) in [5.74, 6) is -0.0893. The van der Waals surface area contributed by atoms with Gasteiger partial charge in [0.1, 0.15) is 36.7 Å². The smallest absolute Gasteiger partial charge is 0.394 e. The van der Waals surface area contributed by atoms with Crippen molar-refractivity contribution in [1.82, 2.24) is 29.4 Å². The van der Waals surface area contributed by atoms with Crippen molar-refractivity contribution >= 4 is 58.1 Å². The molecular weight excluding hydrogens is 781 g/mol. The lowest BCUT2D eigenvalue weighted by molar-refractivity contribution is -0.746. The van der Waals surface area contributed by atoms with E-state index in [2.05, 4.69) is 45.0 Å². The van der Waals surface area contributed by atoms with E-state index in [4.69, 9.17) is 30.2 Å². The van der Waals surface area contributed by atoms with Gasteiger partial charge >= 0.3 is 29.1 Å². The van der Waals surface area contributed by atoms with Crippen molar-refractivity contribution in [2.45, 2.75) is 36.9 Å². The van der Waals surface area contributed by atoms with Crippen molar-refractivity contribution in [3.05, 3.63) is 35.3 Å². The minimum absolute atomic E-state index is 0.0137. The van der Waals surface area contributed by atoms with Gasteiger partial charge in [-0.2, -0.15) is 13.6 Å². The summed E-state index contributed by atoms with van der Waals surface area (Å²) >= 11 is 0. The Bertz CT molecular complexity index is 2090. The summed E-state index contributed by atoms with van der Waals surface area (Å²) in [5.41, 5.74) is 11.4. The van der Waals surface area contributed by atoms with Crippen molar-refractivity contribution in [2.75, 3.05) is 39.3 Å². The lowest BCUT2D eigenvalue weighted by Gasteiger charge is -2.23. The molecule has 53 heavy (non-hydrogen) atoms. The number of hydrogen-bond acceptors (Lipinski definition) is 20. The fraction of sp³-hybridized carbons (Fsp3) is 0.522. The first kappa shape index (κ1) is 40.7. The molecule has 12 N–H and O–H groups in total. The summed E-state index contributed by atoms with van der Waals surface area (Å²) in [7, 11) is -14.5. The molecule has 0 spiro atoms. The van der Waals surface area contributed by atoms with Crippen molar-refractivity contribution in [3.8, 4) is 0 Å². The largest absolute Gasteiger partial charge is 0.490 e. The number of hydrogen-bond donors (Lipinski definition) is 10. The van der Waals surface area contributed by atoms with E-state index >= 15 is 0 Å². The van der Waals surface area contributed by atoms with E-state index < -0.39 is 92.3 Å². The van der Waals surface area contributed by atoms with Gasteiger partial charge in [0.05, 0.1) is 38.9 Å². The Balaban J connectivity index is 1.17. The highest BCUT2D eigenvalue weighted by molar-refractivity contribution is 7.66. The minimum Gasteiger partial charge on any atom is -0.394 e. The molecule has 3 aromatic rings. The number of aliphatic hydroxyl groups is 3. The molecule has 30 heteroatoms. The molecule has 294 valence electrons. The zero-order valence-corrected chi connectivity index (χ0v) is 30.2. The number of aryl methyl sites for hydroxylation is 1. The number of aromatic nitrogens is 6. The molecule has 1 saturated heterocycles. The Morgan fingerprint density at radius 1 is 1.11 bits per heavy atom. The highest BCUT2D eigenvalue weighted by Crippen LogP contribution is 2.67. The van der Waals surface area contributed by atoms with Gasteiger partial charge in [-0.3, -0.25) is 28.0 Å². The lowest BCUT2D eigenvalue weighted by atomic mass is 10.1. The number of nitrogens with zero attached hydrogens (tertiary/aromatic N) is 6. The van der Waals surface area contributed by atoms with Gasteiger partial charge in [-0.15, -0.1) is 0 Å². The molecule has 0 amide bonds. The van der Waals surface area contributed by atoms with Crippen LogP contribution in [0.2, 0.25) is 0 Å². The van der Waals surface area contributed by atoms with Gasteiger partial charge < -0.3 is 61.0 Å². The number of H-pyrrole nitrogens is 1. The second-order valence-corrected chi connectivity index (χ2v) is 15.8. The van der Waals surface area contributed by atoms with Crippen LogP contribution in [-0.2, 0) is 52.6 Å². The van der Waals surface area contributed by atoms with E-state index in [1.54, 1.807) is 0 Å². The van der Waals surface area contributed by atoms with Crippen molar-refractivity contribution in [2.24, 2.45) is 17.8 Å². The molecule has 0 bridgehead atoms. The van der Waals surface area contributed by atoms with Crippen LogP contribution in [0.3, 0.4) is 0 Å². The summed E-state index contributed by atoms with van der Waals surface area (Å²) in [6.07, 6.45) is -5.55. The van der Waals surface area contributed by atoms with Gasteiger partial charge in [-0.05, 0) is 0 Å². The Morgan fingerprint density at radius 2 is 1.79 bits per heavy atom. The summed E-state index contributed by atoms with van der Waals surface area (Å²) in [5, 5.41) is 33.2. The quantitative estimate of drug-likeness (QED) is 0.0481. The molecule has 0 saturated carbocycles. The molecule has 5 rings (SSSR count). The normalized spacial score (nSPS) is 24.8. The number of rotatable bonds is 17. The van der Waals surface area contributed by atoms with Gasteiger partial charge in [0, 0.05) is 7.11 Å². The number of aliphatic imine (C=N–C) groups is 1. The third-order valence-electron chi connectivity index (χ3n) is 7.47. The van der Waals surface area contributed by atoms with Crippen LogP contribution < -0.4 is 26.9 Å². The number of nitrogens with one attached hydrogen (secondary N) is 2. The molecule has 1 fully saturated rings. The van der Waals surface area contributed by atoms with Crippen molar-refractivity contribution in [3.63, 3.8) is 0 Å². The highest BCUT2D eigenvalue weighted by atomic mass is 31.3.